The molecule has 146 valence electrons. The van der Waals surface area contributed by atoms with Crippen molar-refractivity contribution in [3.05, 3.63) is 48.0 Å². The highest BCUT2D eigenvalue weighted by molar-refractivity contribution is 5.76. The molecule has 0 spiro atoms. The van der Waals surface area contributed by atoms with E-state index in [1.54, 1.807) is 7.11 Å². The Morgan fingerprint density at radius 3 is 2.56 bits per heavy atom. The van der Waals surface area contributed by atoms with Crippen molar-refractivity contribution in [3.63, 3.8) is 0 Å². The first-order chi connectivity index (χ1) is 13.1. The first-order valence-electron chi connectivity index (χ1n) is 9.98. The number of hydrogen-bond donors (Lipinski definition) is 0. The number of piperidine rings is 1. The number of nitrogens with zero attached hydrogens (tertiary/aromatic N) is 3. The van der Waals surface area contributed by atoms with Crippen LogP contribution in [0.5, 0.6) is 5.75 Å². The van der Waals surface area contributed by atoms with Crippen LogP contribution < -0.4 is 4.74 Å². The van der Waals surface area contributed by atoms with Gasteiger partial charge in [-0.1, -0.05) is 26.0 Å². The van der Waals surface area contributed by atoms with Crippen LogP contribution >= 0.6 is 0 Å². The molecule has 5 heteroatoms. The Kier molecular flexibility index (Phi) is 6.54. The summed E-state index contributed by atoms with van der Waals surface area (Å²) in [5.41, 5.74) is 1.18. The average Bonchev–Trinajstić information content (AvgIpc) is 3.15. The SMILES string of the molecule is COc1ccc(CCC(=O)N2CCC(Cn3ccnc3C(C)C)CC2)cc1. The standard InChI is InChI=1S/C22H31N3O2/c1-17(2)22-23-12-15-25(22)16-19-10-13-24(14-11-19)21(26)9-6-18-4-7-20(27-3)8-5-18/h4-5,7-8,12,15,17,19H,6,9-11,13-14,16H2,1-3H3. The molecule has 1 aromatic heterocycles. The molecule has 0 bridgehead atoms. The minimum atomic E-state index is 0.273. The highest BCUT2D eigenvalue weighted by Gasteiger charge is 2.23. The molecule has 1 fully saturated rings. The van der Waals surface area contributed by atoms with Crippen molar-refractivity contribution in [1.29, 1.82) is 0 Å². The average molecular weight is 370 g/mol. The minimum absolute atomic E-state index is 0.273. The summed E-state index contributed by atoms with van der Waals surface area (Å²) >= 11 is 0. The number of ether oxygens (including phenoxy) is 1. The number of carbonyl (C=O) groups excluding carboxylic acids is 1. The van der Waals surface area contributed by atoms with E-state index in [1.807, 2.05) is 35.4 Å². The molecule has 1 aromatic carbocycles. The summed E-state index contributed by atoms with van der Waals surface area (Å²) in [5.74, 6) is 3.36. The van der Waals surface area contributed by atoms with Crippen molar-refractivity contribution in [2.45, 2.75) is 52.0 Å². The Bertz CT molecular complexity index is 728. The van der Waals surface area contributed by atoms with E-state index in [2.05, 4.69) is 29.6 Å². The molecule has 27 heavy (non-hydrogen) atoms. The fourth-order valence-corrected chi connectivity index (χ4v) is 3.82. The molecule has 0 atom stereocenters. The van der Waals surface area contributed by atoms with Crippen molar-refractivity contribution in [1.82, 2.24) is 14.5 Å². The molecular weight excluding hydrogens is 338 g/mol. The van der Waals surface area contributed by atoms with Crippen LogP contribution in [0.1, 0.15) is 50.4 Å². The second-order valence-corrected chi connectivity index (χ2v) is 7.76. The van der Waals surface area contributed by atoms with Gasteiger partial charge in [-0.3, -0.25) is 4.79 Å². The normalized spacial score (nSPS) is 15.3. The van der Waals surface area contributed by atoms with E-state index < -0.39 is 0 Å². The lowest BCUT2D eigenvalue weighted by Gasteiger charge is -2.32. The number of hydrogen-bond acceptors (Lipinski definition) is 3. The van der Waals surface area contributed by atoms with Gasteiger partial charge in [-0.05, 0) is 42.9 Å². The zero-order chi connectivity index (χ0) is 19.2. The highest BCUT2D eigenvalue weighted by atomic mass is 16.5. The van der Waals surface area contributed by atoms with Gasteiger partial charge in [-0.25, -0.2) is 4.98 Å². The van der Waals surface area contributed by atoms with Gasteiger partial charge in [0.15, 0.2) is 0 Å². The Hall–Kier alpha value is -2.30. The van der Waals surface area contributed by atoms with Gasteiger partial charge in [-0.2, -0.15) is 0 Å². The summed E-state index contributed by atoms with van der Waals surface area (Å²) in [6.45, 7) is 7.13. The Labute approximate surface area is 162 Å². The lowest BCUT2D eigenvalue weighted by molar-refractivity contribution is -0.132. The predicted molar refractivity (Wildman–Crippen MR) is 107 cm³/mol. The Balaban J connectivity index is 1.44. The van der Waals surface area contributed by atoms with E-state index in [9.17, 15) is 4.79 Å². The van der Waals surface area contributed by atoms with Gasteiger partial charge in [0.25, 0.3) is 0 Å². The van der Waals surface area contributed by atoms with Crippen LogP contribution in [0.3, 0.4) is 0 Å². The molecule has 1 saturated heterocycles. The summed E-state index contributed by atoms with van der Waals surface area (Å²) in [4.78, 5) is 19.1. The lowest BCUT2D eigenvalue weighted by Crippen LogP contribution is -2.39. The van der Waals surface area contributed by atoms with Gasteiger partial charge in [0, 0.05) is 44.4 Å². The van der Waals surface area contributed by atoms with Gasteiger partial charge < -0.3 is 14.2 Å². The number of aryl methyl sites for hydroxylation is 1. The first kappa shape index (κ1) is 19.5. The van der Waals surface area contributed by atoms with E-state index in [-0.39, 0.29) is 5.91 Å². The second-order valence-electron chi connectivity index (χ2n) is 7.76. The number of carbonyl (C=O) groups is 1. The van der Waals surface area contributed by atoms with Crippen LogP contribution in [0.15, 0.2) is 36.7 Å². The molecule has 0 aliphatic carbocycles. The number of amides is 1. The highest BCUT2D eigenvalue weighted by Crippen LogP contribution is 2.22. The number of imidazole rings is 1. The van der Waals surface area contributed by atoms with Crippen molar-refractivity contribution >= 4 is 5.91 Å². The summed E-state index contributed by atoms with van der Waals surface area (Å²) < 4.78 is 7.47. The molecule has 0 radical (unpaired) electrons. The maximum absolute atomic E-state index is 12.5. The third kappa shape index (κ3) is 5.12. The number of rotatable bonds is 7. The van der Waals surface area contributed by atoms with E-state index >= 15 is 0 Å². The van der Waals surface area contributed by atoms with Crippen LogP contribution in [0, 0.1) is 5.92 Å². The number of aromatic nitrogens is 2. The van der Waals surface area contributed by atoms with E-state index in [0.717, 1.165) is 50.5 Å². The predicted octanol–water partition coefficient (Wildman–Crippen LogP) is 3.89. The number of likely N-dealkylation sites (tertiary alicyclic amines) is 1. The van der Waals surface area contributed by atoms with Crippen molar-refractivity contribution in [3.8, 4) is 5.75 Å². The van der Waals surface area contributed by atoms with E-state index in [0.29, 0.717) is 18.3 Å². The van der Waals surface area contributed by atoms with Crippen molar-refractivity contribution < 1.29 is 9.53 Å². The fraction of sp³-hybridized carbons (Fsp3) is 0.545. The second kappa shape index (κ2) is 9.07. The molecule has 0 saturated carbocycles. The van der Waals surface area contributed by atoms with Crippen molar-refractivity contribution in [2.24, 2.45) is 5.92 Å². The van der Waals surface area contributed by atoms with Gasteiger partial charge >= 0.3 is 0 Å². The molecule has 0 unspecified atom stereocenters. The fourth-order valence-electron chi connectivity index (χ4n) is 3.82. The van der Waals surface area contributed by atoms with Crippen LogP contribution in [0.2, 0.25) is 0 Å². The molecular formula is C22H31N3O2. The topological polar surface area (TPSA) is 47.4 Å². The number of benzene rings is 1. The van der Waals surface area contributed by atoms with E-state index in [1.165, 1.54) is 5.56 Å². The third-order valence-electron chi connectivity index (χ3n) is 5.47. The van der Waals surface area contributed by atoms with Crippen LogP contribution in [-0.2, 0) is 17.8 Å². The molecule has 1 aliphatic heterocycles. The molecule has 0 N–H and O–H groups in total. The maximum atomic E-state index is 12.5. The van der Waals surface area contributed by atoms with Crippen LogP contribution in [-0.4, -0.2) is 40.6 Å². The molecule has 2 aromatic rings. The first-order valence-corrected chi connectivity index (χ1v) is 9.98. The van der Waals surface area contributed by atoms with Gasteiger partial charge in [0.1, 0.15) is 11.6 Å². The number of methoxy groups -OCH3 is 1. The van der Waals surface area contributed by atoms with E-state index in [4.69, 9.17) is 4.74 Å². The molecule has 1 amide bonds. The summed E-state index contributed by atoms with van der Waals surface area (Å²) in [6, 6.07) is 7.98. The Morgan fingerprint density at radius 2 is 1.93 bits per heavy atom. The zero-order valence-electron chi connectivity index (χ0n) is 16.7. The smallest absolute Gasteiger partial charge is 0.222 e. The molecule has 3 rings (SSSR count). The van der Waals surface area contributed by atoms with Gasteiger partial charge in [-0.15, -0.1) is 0 Å². The molecule has 1 aliphatic rings. The van der Waals surface area contributed by atoms with Crippen molar-refractivity contribution in [2.75, 3.05) is 20.2 Å². The minimum Gasteiger partial charge on any atom is -0.497 e. The monoisotopic (exact) mass is 369 g/mol. The van der Waals surface area contributed by atoms with Crippen LogP contribution in [0.4, 0.5) is 0 Å². The Morgan fingerprint density at radius 1 is 1.22 bits per heavy atom. The zero-order valence-corrected chi connectivity index (χ0v) is 16.7. The lowest BCUT2D eigenvalue weighted by atomic mass is 9.96. The molecule has 2 heterocycles. The molecule has 5 nitrogen and oxygen atoms in total. The maximum Gasteiger partial charge on any atom is 0.222 e. The van der Waals surface area contributed by atoms with Gasteiger partial charge in [0.05, 0.1) is 7.11 Å². The quantitative estimate of drug-likeness (QED) is 0.744. The third-order valence-corrected chi connectivity index (χ3v) is 5.47. The summed E-state index contributed by atoms with van der Waals surface area (Å²) in [5, 5.41) is 0. The summed E-state index contributed by atoms with van der Waals surface area (Å²) in [6.07, 6.45) is 7.49. The van der Waals surface area contributed by atoms with Gasteiger partial charge in [0.2, 0.25) is 5.91 Å². The van der Waals surface area contributed by atoms with Crippen LogP contribution in [0.25, 0.3) is 0 Å². The largest absolute Gasteiger partial charge is 0.497 e. The summed E-state index contributed by atoms with van der Waals surface area (Å²) in [7, 11) is 1.67.